The number of hydrogen-bond donors (Lipinski definition) is 14. The Morgan fingerprint density at radius 2 is 1.41 bits per heavy atom. The molecule has 0 aromatic carbocycles. The number of aliphatic hydroxyl groups excluding tert-OH is 7. The molecule has 44 heavy (non-hydrogen) atoms. The minimum Gasteiger partial charge on any atom is -0.394 e. The number of rotatable bonds is 13. The summed E-state index contributed by atoms with van der Waals surface area (Å²) < 4.78 is 23.6. The summed E-state index contributed by atoms with van der Waals surface area (Å²) in [7, 11) is 0. The molecule has 16 atom stereocenters. The minimum absolute atomic E-state index is 0.0275. The van der Waals surface area contributed by atoms with Gasteiger partial charge in [-0.25, -0.2) is 0 Å². The molecule has 4 fully saturated rings. The highest BCUT2D eigenvalue weighted by Crippen LogP contribution is 2.32. The Morgan fingerprint density at radius 3 is 2.05 bits per heavy atom. The average molecular weight is 640 g/mol. The van der Waals surface area contributed by atoms with Crippen LogP contribution < -0.4 is 39.3 Å². The fourth-order valence-corrected chi connectivity index (χ4v) is 6.33. The fraction of sp³-hybridized carbons (Fsp3) is 1.00. The Balaban J connectivity index is 1.46. The average Bonchev–Trinajstić information content (AvgIpc) is 2.99. The smallest absolute Gasteiger partial charge is 0.186 e. The van der Waals surface area contributed by atoms with Gasteiger partial charge in [0.15, 0.2) is 12.6 Å². The van der Waals surface area contributed by atoms with Crippen LogP contribution in [0.25, 0.3) is 0 Å². The SMILES string of the molecule is NCC(O)CN[C@@H]1C[C@H](N)C(O[C@H]2O[C@H](CNCC3CC(N)C3)[C@@H](O)[C@H](O)[C@H]2N)[C@H](O)[C@H]1O[C@H]1O[C@H](CO)[C@@H](O)[C@H](N)[C@H]1O. The van der Waals surface area contributed by atoms with Gasteiger partial charge in [-0.1, -0.05) is 0 Å². The third-order valence-corrected chi connectivity index (χ3v) is 9.22. The highest BCUT2D eigenvalue weighted by atomic mass is 16.7. The molecule has 258 valence electrons. The van der Waals surface area contributed by atoms with Gasteiger partial charge in [-0.2, -0.15) is 0 Å². The quantitative estimate of drug-likeness (QED) is 0.0889. The van der Waals surface area contributed by atoms with Crippen LogP contribution in [0.3, 0.4) is 0 Å². The van der Waals surface area contributed by atoms with Gasteiger partial charge in [0.25, 0.3) is 0 Å². The molecule has 0 radical (unpaired) electrons. The summed E-state index contributed by atoms with van der Waals surface area (Å²) in [6, 6.07) is -3.75. The van der Waals surface area contributed by atoms with Gasteiger partial charge in [0.05, 0.1) is 24.8 Å². The molecular formula is C26H53N7O11. The Labute approximate surface area is 256 Å². The molecule has 4 aliphatic rings. The summed E-state index contributed by atoms with van der Waals surface area (Å²) in [6.07, 6.45) is -13.2. The molecule has 2 aliphatic heterocycles. The van der Waals surface area contributed by atoms with Crippen molar-refractivity contribution in [3.63, 3.8) is 0 Å². The van der Waals surface area contributed by atoms with E-state index in [1.165, 1.54) is 0 Å². The molecule has 2 saturated carbocycles. The summed E-state index contributed by atoms with van der Waals surface area (Å²) in [5, 5.41) is 79.7. The van der Waals surface area contributed by atoms with E-state index in [0.29, 0.717) is 12.5 Å². The third kappa shape index (κ3) is 8.22. The zero-order valence-electron chi connectivity index (χ0n) is 24.7. The number of aliphatic hydroxyl groups is 7. The van der Waals surface area contributed by atoms with Crippen LogP contribution in [0.5, 0.6) is 0 Å². The van der Waals surface area contributed by atoms with E-state index in [0.717, 1.165) is 12.8 Å². The van der Waals surface area contributed by atoms with E-state index in [9.17, 15) is 35.7 Å². The van der Waals surface area contributed by atoms with Gasteiger partial charge in [0.2, 0.25) is 0 Å². The standard InChI is InChI=1S/C26H53N7O11/c27-4-11(35)6-33-13-3-12(29)23(22(40)24(13)44-26-21(39)16(30)18(36)15(8-34)42-26)43-25-17(31)20(38)19(37)14(41-25)7-32-5-9-1-10(28)2-9/h9-26,32-40H,1-8,27-31H2/t9?,10?,11?,12-,13+,14+,15+,16-,17+,18+,19+,20+,21+,22-,23?,24-,25+,26+/m0/s1. The maximum atomic E-state index is 11.6. The van der Waals surface area contributed by atoms with Crippen LogP contribution in [0, 0.1) is 5.92 Å². The molecule has 19 N–H and O–H groups in total. The molecular weight excluding hydrogens is 586 g/mol. The van der Waals surface area contributed by atoms with Gasteiger partial charge in [0.1, 0.15) is 54.9 Å². The van der Waals surface area contributed by atoms with E-state index in [4.69, 9.17) is 47.6 Å². The first kappa shape index (κ1) is 36.1. The molecule has 0 amide bonds. The molecule has 4 rings (SSSR count). The van der Waals surface area contributed by atoms with Crippen LogP contribution >= 0.6 is 0 Å². The maximum Gasteiger partial charge on any atom is 0.186 e. The Kier molecular flexibility index (Phi) is 13.1. The van der Waals surface area contributed by atoms with E-state index in [2.05, 4.69) is 10.6 Å². The van der Waals surface area contributed by atoms with E-state index in [-0.39, 0.29) is 32.1 Å². The molecule has 2 heterocycles. The van der Waals surface area contributed by atoms with E-state index < -0.39 is 104 Å². The second-order valence-electron chi connectivity index (χ2n) is 12.6. The van der Waals surface area contributed by atoms with Crippen LogP contribution in [0.15, 0.2) is 0 Å². The molecule has 2 saturated heterocycles. The van der Waals surface area contributed by atoms with Crippen molar-refractivity contribution >= 4 is 0 Å². The minimum atomic E-state index is -1.53. The summed E-state index contributed by atoms with van der Waals surface area (Å²) in [6.45, 7) is 0.256. The van der Waals surface area contributed by atoms with Gasteiger partial charge in [0, 0.05) is 37.8 Å². The lowest BCUT2D eigenvalue weighted by atomic mass is 9.81. The molecule has 0 bridgehead atoms. The topological polar surface area (TPSA) is 333 Å². The lowest BCUT2D eigenvalue weighted by Gasteiger charge is -2.49. The van der Waals surface area contributed by atoms with Gasteiger partial charge in [-0.3, -0.25) is 0 Å². The van der Waals surface area contributed by atoms with Crippen LogP contribution in [0.1, 0.15) is 19.3 Å². The second kappa shape index (κ2) is 15.9. The van der Waals surface area contributed by atoms with Crippen molar-refractivity contribution in [1.82, 2.24) is 10.6 Å². The zero-order chi connectivity index (χ0) is 32.3. The number of ether oxygens (including phenoxy) is 4. The third-order valence-electron chi connectivity index (χ3n) is 9.22. The Hall–Kier alpha value is -0.720. The van der Waals surface area contributed by atoms with Crippen LogP contribution in [-0.2, 0) is 18.9 Å². The van der Waals surface area contributed by atoms with Crippen molar-refractivity contribution in [2.24, 2.45) is 34.6 Å². The predicted octanol–water partition coefficient (Wildman–Crippen LogP) is -8.01. The maximum absolute atomic E-state index is 11.6. The van der Waals surface area contributed by atoms with Crippen molar-refractivity contribution in [3.8, 4) is 0 Å². The number of nitrogens with one attached hydrogen (secondary N) is 2. The van der Waals surface area contributed by atoms with Crippen molar-refractivity contribution in [1.29, 1.82) is 0 Å². The van der Waals surface area contributed by atoms with Crippen molar-refractivity contribution in [2.75, 3.05) is 32.8 Å². The zero-order valence-corrected chi connectivity index (χ0v) is 24.7. The first-order chi connectivity index (χ1) is 20.9. The molecule has 0 aromatic rings. The van der Waals surface area contributed by atoms with Gasteiger partial charge >= 0.3 is 0 Å². The Bertz CT molecular complexity index is 880. The van der Waals surface area contributed by atoms with Crippen LogP contribution in [0.2, 0.25) is 0 Å². The van der Waals surface area contributed by atoms with E-state index >= 15 is 0 Å². The Morgan fingerprint density at radius 1 is 0.750 bits per heavy atom. The lowest BCUT2D eigenvalue weighted by molar-refractivity contribution is -0.320. The summed E-state index contributed by atoms with van der Waals surface area (Å²) in [4.78, 5) is 0. The predicted molar refractivity (Wildman–Crippen MR) is 153 cm³/mol. The molecule has 18 nitrogen and oxygen atoms in total. The molecule has 2 unspecified atom stereocenters. The van der Waals surface area contributed by atoms with Gasteiger partial charge < -0.3 is 94.0 Å². The summed E-state index contributed by atoms with van der Waals surface area (Å²) >= 11 is 0. The summed E-state index contributed by atoms with van der Waals surface area (Å²) in [5.41, 5.74) is 29.9. The normalized spacial score (nSPS) is 49.0. The second-order valence-corrected chi connectivity index (χ2v) is 12.6. The number of nitrogens with two attached hydrogens (primary N) is 5. The number of hydrogen-bond acceptors (Lipinski definition) is 18. The van der Waals surface area contributed by atoms with Crippen LogP contribution in [-0.4, -0.2) is 172 Å². The van der Waals surface area contributed by atoms with Crippen molar-refractivity contribution in [3.05, 3.63) is 0 Å². The highest BCUT2D eigenvalue weighted by molar-refractivity contribution is 5.03. The molecule has 0 spiro atoms. The highest BCUT2D eigenvalue weighted by Gasteiger charge is 2.52. The van der Waals surface area contributed by atoms with E-state index in [1.807, 2.05) is 0 Å². The largest absolute Gasteiger partial charge is 0.394 e. The van der Waals surface area contributed by atoms with Gasteiger partial charge in [-0.05, 0) is 31.7 Å². The van der Waals surface area contributed by atoms with Crippen molar-refractivity contribution in [2.45, 2.75) is 123 Å². The van der Waals surface area contributed by atoms with Crippen molar-refractivity contribution < 1.29 is 54.7 Å². The monoisotopic (exact) mass is 639 g/mol. The van der Waals surface area contributed by atoms with E-state index in [1.54, 1.807) is 0 Å². The molecule has 0 aromatic heterocycles. The lowest BCUT2D eigenvalue weighted by Crippen LogP contribution is -2.70. The van der Waals surface area contributed by atoms with Crippen LogP contribution in [0.4, 0.5) is 0 Å². The molecule has 18 heteroatoms. The first-order valence-corrected chi connectivity index (χ1v) is 15.3. The summed E-state index contributed by atoms with van der Waals surface area (Å²) in [5.74, 6) is 0.418. The van der Waals surface area contributed by atoms with Gasteiger partial charge in [-0.15, -0.1) is 0 Å². The molecule has 2 aliphatic carbocycles. The first-order valence-electron chi connectivity index (χ1n) is 15.3. The fourth-order valence-electron chi connectivity index (χ4n) is 6.33.